The summed E-state index contributed by atoms with van der Waals surface area (Å²) in [5, 5.41) is 19.8. The molecule has 1 aliphatic heterocycles. The molecule has 1 aromatic carbocycles. The van der Waals surface area contributed by atoms with Gasteiger partial charge in [0.15, 0.2) is 0 Å². The average Bonchev–Trinajstić information content (AvgIpc) is 2.92. The van der Waals surface area contributed by atoms with Gasteiger partial charge in [-0.2, -0.15) is 4.57 Å². The van der Waals surface area contributed by atoms with Crippen molar-refractivity contribution in [3.8, 4) is 0 Å². The number of allylic oxidation sites excluding steroid dienone is 3. The van der Waals surface area contributed by atoms with Gasteiger partial charge in [-0.15, -0.1) is 0 Å². The maximum absolute atomic E-state index is 9.32. The highest BCUT2D eigenvalue weighted by molar-refractivity contribution is 7.18. The third-order valence-corrected chi connectivity index (χ3v) is 5.69. The van der Waals surface area contributed by atoms with Gasteiger partial charge < -0.3 is 20.0 Å². The van der Waals surface area contributed by atoms with Crippen molar-refractivity contribution >= 4 is 27.6 Å². The van der Waals surface area contributed by atoms with E-state index in [0.717, 1.165) is 11.4 Å². The van der Waals surface area contributed by atoms with E-state index < -0.39 is 0 Å². The van der Waals surface area contributed by atoms with Gasteiger partial charge in [0.2, 0.25) is 5.52 Å². The third-order valence-electron chi connectivity index (χ3n) is 4.52. The lowest BCUT2D eigenvalue weighted by atomic mass is 10.1. The van der Waals surface area contributed by atoms with Crippen LogP contribution in [0.2, 0.25) is 0 Å². The Bertz CT molecular complexity index is 877. The lowest BCUT2D eigenvalue weighted by molar-refractivity contribution is -0.642. The zero-order valence-corrected chi connectivity index (χ0v) is 16.3. The first-order valence-corrected chi connectivity index (χ1v) is 9.55. The van der Waals surface area contributed by atoms with Crippen LogP contribution in [0.1, 0.15) is 10.6 Å². The van der Waals surface area contributed by atoms with E-state index >= 15 is 0 Å². The molecule has 0 fully saturated rings. The molecule has 1 aromatic heterocycles. The molecule has 2 N–H and O–H groups in total. The van der Waals surface area contributed by atoms with Crippen molar-refractivity contribution in [1.82, 2.24) is 9.80 Å². The van der Waals surface area contributed by atoms with E-state index in [1.54, 1.807) is 11.3 Å². The summed E-state index contributed by atoms with van der Waals surface area (Å²) in [7, 11) is 4.07. The monoisotopic (exact) mass is 372 g/mol. The van der Waals surface area contributed by atoms with Crippen molar-refractivity contribution < 1.29 is 14.8 Å². The standard InChI is InChI=1S/C20H26N3O2S/c1-15-4-5-18-17(12-15)22(3)20(26-18)14-16-6-7-21(2)19(13-16)23(8-10-24)9-11-25/h4-7,12-14,24-25H,8-11H2,1-3H3/q+1. The van der Waals surface area contributed by atoms with E-state index in [9.17, 15) is 10.2 Å². The van der Waals surface area contributed by atoms with Crippen LogP contribution < -0.4 is 4.57 Å². The molecule has 1 aliphatic rings. The second-order valence-corrected chi connectivity index (χ2v) is 7.54. The summed E-state index contributed by atoms with van der Waals surface area (Å²) in [5.74, 6) is 0.974. The topological polar surface area (TPSA) is 50.8 Å². The minimum Gasteiger partial charge on any atom is -0.395 e. The molecule has 138 valence electrons. The van der Waals surface area contributed by atoms with Crippen LogP contribution in [-0.2, 0) is 7.05 Å². The number of aryl methyl sites for hydroxylation is 2. The van der Waals surface area contributed by atoms with Crippen LogP contribution >= 0.6 is 11.3 Å². The number of nitrogens with zero attached hydrogens (tertiary/aromatic N) is 3. The molecule has 0 bridgehead atoms. The lowest BCUT2D eigenvalue weighted by Gasteiger charge is -2.33. The normalized spacial score (nSPS) is 15.8. The Kier molecular flexibility index (Phi) is 5.76. The SMILES string of the molecule is Cc1ccc2sc(/C=C3\C=CN(C)C(N(CCO)CCO)=C3)[n+](C)c2c1. The molecule has 6 heteroatoms. The Morgan fingerprint density at radius 3 is 2.65 bits per heavy atom. The number of rotatable bonds is 6. The second-order valence-electron chi connectivity index (χ2n) is 6.48. The molecule has 0 saturated heterocycles. The van der Waals surface area contributed by atoms with E-state index in [2.05, 4.69) is 55.0 Å². The Balaban J connectivity index is 1.97. The molecular weight excluding hydrogens is 346 g/mol. The van der Waals surface area contributed by atoms with Gasteiger partial charge in [-0.1, -0.05) is 17.4 Å². The Hall–Kier alpha value is -2.15. The molecule has 2 aromatic rings. The number of aromatic nitrogens is 1. The molecular formula is C20H26N3O2S+. The molecule has 0 saturated carbocycles. The highest BCUT2D eigenvalue weighted by Gasteiger charge is 2.18. The minimum atomic E-state index is 0.0541. The zero-order chi connectivity index (χ0) is 18.7. The highest BCUT2D eigenvalue weighted by Crippen LogP contribution is 2.25. The molecule has 0 atom stereocenters. The van der Waals surface area contributed by atoms with Gasteiger partial charge in [0.05, 0.1) is 13.2 Å². The molecule has 26 heavy (non-hydrogen) atoms. The summed E-state index contributed by atoms with van der Waals surface area (Å²) in [6.45, 7) is 3.21. The fraction of sp³-hybridized carbons (Fsp3) is 0.350. The fourth-order valence-electron chi connectivity index (χ4n) is 3.10. The van der Waals surface area contributed by atoms with Crippen molar-refractivity contribution in [2.75, 3.05) is 33.4 Å². The zero-order valence-electron chi connectivity index (χ0n) is 15.5. The summed E-state index contributed by atoms with van der Waals surface area (Å²) in [6.07, 6.45) is 8.37. The first-order valence-electron chi connectivity index (χ1n) is 8.73. The van der Waals surface area contributed by atoms with Gasteiger partial charge in [-0.05, 0) is 36.3 Å². The maximum atomic E-state index is 9.32. The maximum Gasteiger partial charge on any atom is 0.263 e. The number of benzene rings is 1. The van der Waals surface area contributed by atoms with Crippen molar-refractivity contribution in [2.24, 2.45) is 7.05 Å². The van der Waals surface area contributed by atoms with Crippen molar-refractivity contribution in [2.45, 2.75) is 6.92 Å². The molecule has 0 unspecified atom stereocenters. The number of hydrogen-bond donors (Lipinski definition) is 2. The number of thiazole rings is 1. The molecule has 0 aliphatic carbocycles. The van der Waals surface area contributed by atoms with Gasteiger partial charge in [0.1, 0.15) is 17.6 Å². The van der Waals surface area contributed by atoms with Crippen LogP contribution in [0.4, 0.5) is 0 Å². The minimum absolute atomic E-state index is 0.0541. The van der Waals surface area contributed by atoms with Crippen molar-refractivity contribution in [3.63, 3.8) is 0 Å². The molecule has 0 radical (unpaired) electrons. The molecule has 3 rings (SSSR count). The largest absolute Gasteiger partial charge is 0.395 e. The molecule has 2 heterocycles. The fourth-order valence-corrected chi connectivity index (χ4v) is 4.20. The van der Waals surface area contributed by atoms with Crippen LogP contribution in [0.5, 0.6) is 0 Å². The van der Waals surface area contributed by atoms with Gasteiger partial charge in [0, 0.05) is 38.5 Å². The van der Waals surface area contributed by atoms with Gasteiger partial charge >= 0.3 is 0 Å². The van der Waals surface area contributed by atoms with E-state index in [4.69, 9.17) is 0 Å². The van der Waals surface area contributed by atoms with Crippen LogP contribution in [-0.4, -0.2) is 53.4 Å². The average molecular weight is 373 g/mol. The van der Waals surface area contributed by atoms with Crippen molar-refractivity contribution in [1.29, 1.82) is 0 Å². The molecule has 0 spiro atoms. The smallest absolute Gasteiger partial charge is 0.263 e. The predicted octanol–water partition coefficient (Wildman–Crippen LogP) is 2.00. The summed E-state index contributed by atoms with van der Waals surface area (Å²) < 4.78 is 3.49. The Labute approximate surface area is 158 Å². The third kappa shape index (κ3) is 3.82. The summed E-state index contributed by atoms with van der Waals surface area (Å²) in [5.41, 5.74) is 3.60. The summed E-state index contributed by atoms with van der Waals surface area (Å²) in [6, 6.07) is 6.53. The van der Waals surface area contributed by atoms with E-state index in [1.165, 1.54) is 20.8 Å². The number of hydrogen-bond acceptors (Lipinski definition) is 5. The summed E-state index contributed by atoms with van der Waals surface area (Å²) in [4.78, 5) is 4.00. The van der Waals surface area contributed by atoms with Crippen LogP contribution in [0, 0.1) is 6.92 Å². The lowest BCUT2D eigenvalue weighted by Crippen LogP contribution is -2.36. The summed E-state index contributed by atoms with van der Waals surface area (Å²) >= 11 is 1.77. The van der Waals surface area contributed by atoms with Gasteiger partial charge in [0.25, 0.3) is 5.01 Å². The first kappa shape index (κ1) is 18.6. The van der Waals surface area contributed by atoms with Crippen LogP contribution in [0.25, 0.3) is 16.3 Å². The first-order chi connectivity index (χ1) is 12.5. The van der Waals surface area contributed by atoms with Crippen molar-refractivity contribution in [3.05, 3.63) is 58.5 Å². The second kappa shape index (κ2) is 8.03. The molecule has 0 amide bonds. The van der Waals surface area contributed by atoms with E-state index in [-0.39, 0.29) is 13.2 Å². The van der Waals surface area contributed by atoms with Crippen LogP contribution in [0.15, 0.2) is 47.9 Å². The van der Waals surface area contributed by atoms with Crippen LogP contribution in [0.3, 0.4) is 0 Å². The number of aliphatic hydroxyl groups is 2. The van der Waals surface area contributed by atoms with Gasteiger partial charge in [-0.3, -0.25) is 0 Å². The Morgan fingerprint density at radius 1 is 1.23 bits per heavy atom. The molecule has 5 nitrogen and oxygen atoms in total. The number of aliphatic hydroxyl groups excluding tert-OH is 2. The van der Waals surface area contributed by atoms with E-state index in [0.29, 0.717) is 13.1 Å². The van der Waals surface area contributed by atoms with Gasteiger partial charge in [-0.25, -0.2) is 0 Å². The quantitative estimate of drug-likeness (QED) is 0.762. The van der Waals surface area contributed by atoms with E-state index in [1.807, 2.05) is 23.0 Å². The predicted molar refractivity (Wildman–Crippen MR) is 106 cm³/mol. The number of fused-ring (bicyclic) bond motifs is 1. The highest BCUT2D eigenvalue weighted by atomic mass is 32.1. The Morgan fingerprint density at radius 2 is 1.96 bits per heavy atom.